The van der Waals surface area contributed by atoms with Crippen molar-refractivity contribution in [1.29, 1.82) is 0 Å². The Morgan fingerprint density at radius 1 is 1.07 bits per heavy atom. The Balaban J connectivity index is 2.19. The van der Waals surface area contributed by atoms with Crippen molar-refractivity contribution < 1.29 is 8.42 Å². The Bertz CT molecular complexity index is 317. The van der Waals surface area contributed by atoms with Crippen LogP contribution in [0.2, 0.25) is 0 Å². The van der Waals surface area contributed by atoms with E-state index in [1.54, 1.807) is 25.1 Å². The fourth-order valence-corrected chi connectivity index (χ4v) is 4.11. The molecule has 3 nitrogen and oxygen atoms in total. The number of rotatable bonds is 1. The highest BCUT2D eigenvalue weighted by molar-refractivity contribution is 7.90. The standard InChI is InChI=1S/C10H19NO2S/c1-10(2,3)14(12,13)11-8-6-4-5-7-9(8)11/h8-9H,4-7H2,1-3H3. The maximum atomic E-state index is 12.1. The number of hydrogen-bond donors (Lipinski definition) is 0. The van der Waals surface area contributed by atoms with Gasteiger partial charge in [0.25, 0.3) is 0 Å². The lowest BCUT2D eigenvalue weighted by atomic mass is 10.0. The van der Waals surface area contributed by atoms with Crippen molar-refractivity contribution in [3.05, 3.63) is 0 Å². The molecule has 0 amide bonds. The van der Waals surface area contributed by atoms with E-state index in [1.807, 2.05) is 0 Å². The third-order valence-electron chi connectivity index (χ3n) is 3.31. The van der Waals surface area contributed by atoms with E-state index < -0.39 is 14.8 Å². The molecule has 1 saturated carbocycles. The van der Waals surface area contributed by atoms with Crippen LogP contribution in [0.25, 0.3) is 0 Å². The lowest BCUT2D eigenvalue weighted by Crippen LogP contribution is -2.34. The highest BCUT2D eigenvalue weighted by Gasteiger charge is 2.57. The van der Waals surface area contributed by atoms with E-state index in [9.17, 15) is 8.42 Å². The third-order valence-corrected chi connectivity index (χ3v) is 5.95. The molecule has 1 aliphatic carbocycles. The zero-order chi connectivity index (χ0) is 10.6. The smallest absolute Gasteiger partial charge is 0.212 e. The van der Waals surface area contributed by atoms with E-state index in [-0.39, 0.29) is 0 Å². The van der Waals surface area contributed by atoms with Crippen molar-refractivity contribution in [3.63, 3.8) is 0 Å². The van der Waals surface area contributed by atoms with Crippen LogP contribution in [-0.4, -0.2) is 29.6 Å². The summed E-state index contributed by atoms with van der Waals surface area (Å²) in [6, 6.07) is 0.681. The molecule has 1 heterocycles. The van der Waals surface area contributed by atoms with Gasteiger partial charge < -0.3 is 0 Å². The predicted molar refractivity (Wildman–Crippen MR) is 56.6 cm³/mol. The molecule has 0 aromatic rings. The van der Waals surface area contributed by atoms with Gasteiger partial charge in [0.15, 0.2) is 0 Å². The first-order valence-electron chi connectivity index (χ1n) is 5.39. The molecule has 1 saturated heterocycles. The molecule has 0 aromatic carbocycles. The van der Waals surface area contributed by atoms with Gasteiger partial charge >= 0.3 is 0 Å². The van der Waals surface area contributed by atoms with Crippen LogP contribution in [0.1, 0.15) is 46.5 Å². The maximum absolute atomic E-state index is 12.1. The quantitative estimate of drug-likeness (QED) is 0.627. The highest BCUT2D eigenvalue weighted by atomic mass is 32.2. The van der Waals surface area contributed by atoms with Crippen LogP contribution in [0.3, 0.4) is 0 Å². The molecule has 2 fully saturated rings. The molecule has 0 bridgehead atoms. The van der Waals surface area contributed by atoms with Crippen molar-refractivity contribution in [2.45, 2.75) is 63.3 Å². The van der Waals surface area contributed by atoms with Crippen LogP contribution in [0.5, 0.6) is 0 Å². The number of sulfonamides is 1. The summed E-state index contributed by atoms with van der Waals surface area (Å²) in [5, 5.41) is 0. The molecule has 0 spiro atoms. The SMILES string of the molecule is CC(C)(C)S(=O)(=O)N1C2CCCCC21. The molecule has 1 aliphatic heterocycles. The van der Waals surface area contributed by atoms with E-state index in [0.717, 1.165) is 12.8 Å². The van der Waals surface area contributed by atoms with Gasteiger partial charge in [-0.3, -0.25) is 0 Å². The van der Waals surface area contributed by atoms with Crippen molar-refractivity contribution in [1.82, 2.24) is 4.31 Å². The molecular weight excluding hydrogens is 198 g/mol. The Hall–Kier alpha value is -0.0900. The Kier molecular flexibility index (Phi) is 2.20. The van der Waals surface area contributed by atoms with Gasteiger partial charge in [0.05, 0.1) is 4.75 Å². The first-order valence-corrected chi connectivity index (χ1v) is 6.83. The van der Waals surface area contributed by atoms with Crippen LogP contribution in [0, 0.1) is 0 Å². The molecular formula is C10H19NO2S. The first kappa shape index (κ1) is 10.4. The minimum atomic E-state index is -3.05. The summed E-state index contributed by atoms with van der Waals surface area (Å²) in [6.45, 7) is 5.35. The summed E-state index contributed by atoms with van der Waals surface area (Å²) in [5.74, 6) is 0. The second-order valence-corrected chi connectivity index (χ2v) is 7.96. The average Bonchev–Trinajstić information content (AvgIpc) is 2.75. The van der Waals surface area contributed by atoms with E-state index in [1.165, 1.54) is 12.8 Å². The van der Waals surface area contributed by atoms with Crippen LogP contribution < -0.4 is 0 Å². The maximum Gasteiger partial charge on any atom is 0.219 e. The lowest BCUT2D eigenvalue weighted by molar-refractivity contribution is 0.509. The summed E-state index contributed by atoms with van der Waals surface area (Å²) in [6.07, 6.45) is 4.52. The number of hydrogen-bond acceptors (Lipinski definition) is 2. The highest BCUT2D eigenvalue weighted by Crippen LogP contribution is 2.45. The van der Waals surface area contributed by atoms with Gasteiger partial charge in [-0.1, -0.05) is 12.8 Å². The minimum Gasteiger partial charge on any atom is -0.212 e. The topological polar surface area (TPSA) is 37.1 Å². The fourth-order valence-electron chi connectivity index (χ4n) is 2.33. The molecule has 2 aliphatic rings. The van der Waals surface area contributed by atoms with Gasteiger partial charge in [-0.05, 0) is 33.6 Å². The minimum absolute atomic E-state index is 0.341. The summed E-state index contributed by atoms with van der Waals surface area (Å²) >= 11 is 0. The van der Waals surface area contributed by atoms with E-state index >= 15 is 0 Å². The molecule has 2 unspecified atom stereocenters. The normalized spacial score (nSPS) is 37.8. The Morgan fingerprint density at radius 2 is 1.50 bits per heavy atom. The second-order valence-electron chi connectivity index (χ2n) is 5.37. The van der Waals surface area contributed by atoms with Gasteiger partial charge in [0.1, 0.15) is 0 Å². The molecule has 2 atom stereocenters. The van der Waals surface area contributed by atoms with Crippen LogP contribution in [-0.2, 0) is 10.0 Å². The van der Waals surface area contributed by atoms with Crippen molar-refractivity contribution in [2.24, 2.45) is 0 Å². The lowest BCUT2D eigenvalue weighted by Gasteiger charge is -2.20. The fraction of sp³-hybridized carbons (Fsp3) is 1.00. The Labute approximate surface area is 86.5 Å². The zero-order valence-electron chi connectivity index (χ0n) is 9.16. The van der Waals surface area contributed by atoms with Gasteiger partial charge in [0, 0.05) is 12.1 Å². The predicted octanol–water partition coefficient (Wildman–Crippen LogP) is 1.74. The molecule has 0 N–H and O–H groups in total. The second kappa shape index (κ2) is 2.95. The molecule has 0 aromatic heterocycles. The van der Waals surface area contributed by atoms with Crippen molar-refractivity contribution in [2.75, 3.05) is 0 Å². The summed E-state index contributed by atoms with van der Waals surface area (Å²) < 4.78 is 25.3. The van der Waals surface area contributed by atoms with Crippen molar-refractivity contribution in [3.8, 4) is 0 Å². The molecule has 0 radical (unpaired) electrons. The van der Waals surface area contributed by atoms with Gasteiger partial charge in [-0.15, -0.1) is 0 Å². The van der Waals surface area contributed by atoms with Gasteiger partial charge in [-0.25, -0.2) is 8.42 Å². The zero-order valence-corrected chi connectivity index (χ0v) is 9.97. The molecule has 82 valence electrons. The van der Waals surface area contributed by atoms with Gasteiger partial charge in [0.2, 0.25) is 10.0 Å². The van der Waals surface area contributed by atoms with Crippen molar-refractivity contribution >= 4 is 10.0 Å². The molecule has 14 heavy (non-hydrogen) atoms. The van der Waals surface area contributed by atoms with E-state index in [4.69, 9.17) is 0 Å². The monoisotopic (exact) mass is 217 g/mol. The van der Waals surface area contributed by atoms with E-state index in [0.29, 0.717) is 12.1 Å². The largest absolute Gasteiger partial charge is 0.219 e. The summed E-state index contributed by atoms with van der Waals surface area (Å²) in [5.41, 5.74) is 0. The Morgan fingerprint density at radius 3 is 1.86 bits per heavy atom. The third kappa shape index (κ3) is 1.39. The van der Waals surface area contributed by atoms with Crippen LogP contribution >= 0.6 is 0 Å². The number of nitrogens with zero attached hydrogens (tertiary/aromatic N) is 1. The molecule has 4 heteroatoms. The average molecular weight is 217 g/mol. The van der Waals surface area contributed by atoms with Crippen LogP contribution in [0.15, 0.2) is 0 Å². The van der Waals surface area contributed by atoms with E-state index in [2.05, 4.69) is 0 Å². The summed E-state index contributed by atoms with van der Waals surface area (Å²) in [7, 11) is -3.05. The van der Waals surface area contributed by atoms with Gasteiger partial charge in [-0.2, -0.15) is 4.31 Å². The number of fused-ring (bicyclic) bond motifs is 1. The first-order chi connectivity index (χ1) is 6.36. The van der Waals surface area contributed by atoms with Crippen LogP contribution in [0.4, 0.5) is 0 Å². The summed E-state index contributed by atoms with van der Waals surface area (Å²) in [4.78, 5) is 0. The molecule has 2 rings (SSSR count).